The Kier molecular flexibility index (Phi) is 5.27. The Balaban J connectivity index is 1.87. The van der Waals surface area contributed by atoms with Crippen LogP contribution in [0.1, 0.15) is 19.3 Å². The first-order valence-corrected chi connectivity index (χ1v) is 7.40. The molecule has 1 aliphatic rings. The summed E-state index contributed by atoms with van der Waals surface area (Å²) in [5, 5.41) is 12.3. The molecule has 4 N–H and O–H groups in total. The molecule has 0 spiro atoms. The molecule has 116 valence electrons. The molecule has 1 fully saturated rings. The Morgan fingerprint density at radius 2 is 2.10 bits per heavy atom. The fraction of sp³-hybridized carbons (Fsp3) is 0.533. The molecular formula is C15H24N4O2. The van der Waals surface area contributed by atoms with Crippen molar-refractivity contribution in [2.45, 2.75) is 19.3 Å². The lowest BCUT2D eigenvalue weighted by atomic mass is 10.1. The summed E-state index contributed by atoms with van der Waals surface area (Å²) in [6.45, 7) is 4.22. The van der Waals surface area contributed by atoms with Gasteiger partial charge in [-0.1, -0.05) is 6.42 Å². The number of carbonyl (C=O) groups is 1. The van der Waals surface area contributed by atoms with E-state index >= 15 is 0 Å². The molecular weight excluding hydrogens is 268 g/mol. The smallest absolute Gasteiger partial charge is 0.411 e. The van der Waals surface area contributed by atoms with E-state index in [4.69, 9.17) is 10.8 Å². The number of nitrogens with one attached hydrogen (secondary N) is 1. The van der Waals surface area contributed by atoms with Crippen LogP contribution < -0.4 is 16.0 Å². The second-order valence-electron chi connectivity index (χ2n) is 5.44. The minimum atomic E-state index is -1.000. The van der Waals surface area contributed by atoms with Crippen molar-refractivity contribution in [3.8, 4) is 0 Å². The lowest BCUT2D eigenvalue weighted by Gasteiger charge is -2.26. The van der Waals surface area contributed by atoms with E-state index in [2.05, 4.69) is 10.2 Å². The number of likely N-dealkylation sites (tertiary alicyclic amines) is 1. The van der Waals surface area contributed by atoms with E-state index in [0.717, 1.165) is 23.7 Å². The number of benzene rings is 1. The molecule has 2 rings (SSSR count). The number of carboxylic acid groups (broad SMARTS) is 1. The van der Waals surface area contributed by atoms with Crippen LogP contribution in [0.4, 0.5) is 21.9 Å². The largest absolute Gasteiger partial charge is 0.465 e. The van der Waals surface area contributed by atoms with Gasteiger partial charge in [-0.2, -0.15) is 0 Å². The number of anilines is 3. The fourth-order valence-corrected chi connectivity index (χ4v) is 2.56. The highest BCUT2D eigenvalue weighted by Crippen LogP contribution is 2.24. The average molecular weight is 292 g/mol. The fourth-order valence-electron chi connectivity index (χ4n) is 2.56. The summed E-state index contributed by atoms with van der Waals surface area (Å²) in [5.41, 5.74) is 7.98. The van der Waals surface area contributed by atoms with Gasteiger partial charge in [-0.15, -0.1) is 0 Å². The van der Waals surface area contributed by atoms with Crippen molar-refractivity contribution in [3.05, 3.63) is 18.2 Å². The van der Waals surface area contributed by atoms with Crippen molar-refractivity contribution in [1.29, 1.82) is 0 Å². The van der Waals surface area contributed by atoms with Gasteiger partial charge in [0.1, 0.15) is 0 Å². The first-order valence-electron chi connectivity index (χ1n) is 7.40. The Hall–Kier alpha value is -1.95. The molecule has 1 saturated heterocycles. The maximum Gasteiger partial charge on any atom is 0.411 e. The van der Waals surface area contributed by atoms with Crippen LogP contribution in [0.25, 0.3) is 0 Å². The first kappa shape index (κ1) is 15.4. The van der Waals surface area contributed by atoms with Gasteiger partial charge in [0.05, 0.1) is 11.4 Å². The molecule has 0 saturated carbocycles. The van der Waals surface area contributed by atoms with Crippen LogP contribution in [0.3, 0.4) is 0 Å². The van der Waals surface area contributed by atoms with Crippen LogP contribution in [0, 0.1) is 0 Å². The van der Waals surface area contributed by atoms with E-state index in [1.165, 1.54) is 39.4 Å². The third-order valence-electron chi connectivity index (χ3n) is 3.90. The lowest BCUT2D eigenvalue weighted by Crippen LogP contribution is -2.33. The number of amides is 1. The van der Waals surface area contributed by atoms with Crippen LogP contribution in [0.15, 0.2) is 18.2 Å². The van der Waals surface area contributed by atoms with Crippen molar-refractivity contribution in [2.75, 3.05) is 49.2 Å². The Morgan fingerprint density at radius 3 is 2.71 bits per heavy atom. The summed E-state index contributed by atoms with van der Waals surface area (Å²) in [7, 11) is 1.50. The number of nitrogens with zero attached hydrogens (tertiary/aromatic N) is 2. The summed E-state index contributed by atoms with van der Waals surface area (Å²) in [6.07, 6.45) is 2.92. The number of rotatable bonds is 5. The van der Waals surface area contributed by atoms with Gasteiger partial charge < -0.3 is 21.1 Å². The van der Waals surface area contributed by atoms with Crippen LogP contribution >= 0.6 is 0 Å². The molecule has 0 bridgehead atoms. The summed E-state index contributed by atoms with van der Waals surface area (Å²) >= 11 is 0. The number of hydrogen-bond donors (Lipinski definition) is 3. The standard InChI is InChI=1S/C15H24N4O2/c1-18(15(20)21)12-5-6-14(13(16)11-12)17-7-10-19-8-3-2-4-9-19/h5-6,11,17H,2-4,7-10,16H2,1H3,(H,20,21). The first-order chi connectivity index (χ1) is 10.1. The topological polar surface area (TPSA) is 81.8 Å². The Bertz CT molecular complexity index is 487. The molecule has 0 aromatic heterocycles. The Labute approximate surface area is 125 Å². The third kappa shape index (κ3) is 4.26. The second kappa shape index (κ2) is 7.17. The molecule has 0 atom stereocenters. The van der Waals surface area contributed by atoms with Crippen molar-refractivity contribution >= 4 is 23.2 Å². The summed E-state index contributed by atoms with van der Waals surface area (Å²) in [5.74, 6) is 0. The zero-order valence-electron chi connectivity index (χ0n) is 12.5. The quantitative estimate of drug-likeness (QED) is 0.725. The molecule has 0 unspecified atom stereocenters. The SMILES string of the molecule is CN(C(=O)O)c1ccc(NCCN2CCCCC2)c(N)c1. The highest BCUT2D eigenvalue weighted by molar-refractivity contribution is 5.87. The normalized spacial score (nSPS) is 15.7. The second-order valence-corrected chi connectivity index (χ2v) is 5.44. The minimum absolute atomic E-state index is 0.569. The number of hydrogen-bond acceptors (Lipinski definition) is 4. The molecule has 1 amide bonds. The van der Waals surface area contributed by atoms with E-state index in [0.29, 0.717) is 11.4 Å². The Morgan fingerprint density at radius 1 is 1.38 bits per heavy atom. The van der Waals surface area contributed by atoms with Gasteiger partial charge in [0, 0.05) is 25.8 Å². The summed E-state index contributed by atoms with van der Waals surface area (Å²) in [6, 6.07) is 5.27. The van der Waals surface area contributed by atoms with E-state index in [9.17, 15) is 4.79 Å². The molecule has 6 nitrogen and oxygen atoms in total. The van der Waals surface area contributed by atoms with Crippen molar-refractivity contribution in [3.63, 3.8) is 0 Å². The van der Waals surface area contributed by atoms with Gasteiger partial charge in [0.25, 0.3) is 0 Å². The van der Waals surface area contributed by atoms with Gasteiger partial charge in [0.2, 0.25) is 0 Å². The molecule has 6 heteroatoms. The van der Waals surface area contributed by atoms with Crippen molar-refractivity contribution in [1.82, 2.24) is 4.90 Å². The zero-order valence-corrected chi connectivity index (χ0v) is 12.5. The van der Waals surface area contributed by atoms with E-state index in [1.54, 1.807) is 12.1 Å². The van der Waals surface area contributed by atoms with Gasteiger partial charge in [0.15, 0.2) is 0 Å². The van der Waals surface area contributed by atoms with Crippen LogP contribution in [0.5, 0.6) is 0 Å². The number of nitrogens with two attached hydrogens (primary N) is 1. The van der Waals surface area contributed by atoms with Gasteiger partial charge >= 0.3 is 6.09 Å². The van der Waals surface area contributed by atoms with Gasteiger partial charge in [-0.25, -0.2) is 4.79 Å². The predicted octanol–water partition coefficient (Wildman–Crippen LogP) is 2.28. The van der Waals surface area contributed by atoms with Gasteiger partial charge in [-0.05, 0) is 44.1 Å². The highest BCUT2D eigenvalue weighted by Gasteiger charge is 2.11. The molecule has 1 aromatic carbocycles. The number of nitrogen functional groups attached to an aromatic ring is 1. The van der Waals surface area contributed by atoms with E-state index in [-0.39, 0.29) is 0 Å². The summed E-state index contributed by atoms with van der Waals surface area (Å²) < 4.78 is 0. The third-order valence-corrected chi connectivity index (χ3v) is 3.90. The molecule has 21 heavy (non-hydrogen) atoms. The summed E-state index contributed by atoms with van der Waals surface area (Å²) in [4.78, 5) is 14.5. The highest BCUT2D eigenvalue weighted by atomic mass is 16.4. The maximum absolute atomic E-state index is 10.9. The van der Waals surface area contributed by atoms with E-state index < -0.39 is 6.09 Å². The van der Waals surface area contributed by atoms with E-state index in [1.807, 2.05) is 6.07 Å². The maximum atomic E-state index is 10.9. The average Bonchev–Trinajstić information content (AvgIpc) is 2.49. The van der Waals surface area contributed by atoms with Crippen molar-refractivity contribution in [2.24, 2.45) is 0 Å². The molecule has 0 aliphatic carbocycles. The molecule has 1 heterocycles. The van der Waals surface area contributed by atoms with Gasteiger partial charge in [-0.3, -0.25) is 4.90 Å². The van der Waals surface area contributed by atoms with Crippen LogP contribution in [0.2, 0.25) is 0 Å². The van der Waals surface area contributed by atoms with Crippen LogP contribution in [-0.2, 0) is 0 Å². The molecule has 1 aliphatic heterocycles. The zero-order chi connectivity index (χ0) is 15.2. The molecule has 0 radical (unpaired) electrons. The predicted molar refractivity (Wildman–Crippen MR) is 86.1 cm³/mol. The lowest BCUT2D eigenvalue weighted by molar-refractivity contribution is 0.203. The number of piperidine rings is 1. The van der Waals surface area contributed by atoms with Crippen molar-refractivity contribution < 1.29 is 9.90 Å². The molecule has 1 aromatic rings. The van der Waals surface area contributed by atoms with Crippen LogP contribution in [-0.4, -0.2) is 49.3 Å². The minimum Gasteiger partial charge on any atom is -0.465 e. The monoisotopic (exact) mass is 292 g/mol.